The molecule has 0 amide bonds. The van der Waals surface area contributed by atoms with Gasteiger partial charge in [-0.25, -0.2) is 9.66 Å². The first-order valence-electron chi connectivity index (χ1n) is 8.80. The van der Waals surface area contributed by atoms with Crippen LogP contribution < -0.4 is 5.84 Å². The Morgan fingerprint density at radius 3 is 2.70 bits per heavy atom. The van der Waals surface area contributed by atoms with Gasteiger partial charge in [0.2, 0.25) is 5.16 Å². The van der Waals surface area contributed by atoms with E-state index in [4.69, 9.17) is 5.84 Å². The Morgan fingerprint density at radius 2 is 1.97 bits per heavy atom. The van der Waals surface area contributed by atoms with E-state index in [0.717, 1.165) is 20.3 Å². The monoisotopic (exact) mass is 498 g/mol. The standard InChI is InChI=1S/C20H15BrN6OS2/c1-11(17(28)13(10-22)19-24-15-8-4-5-9-16(15)30-19)29-20-26-25-18(27(20)23)12-6-2-3-7-14(12)21/h2-9,11,28H,23H2,1H3/b17-13-. The Labute approximate surface area is 189 Å². The zero-order valence-corrected chi connectivity index (χ0v) is 18.9. The summed E-state index contributed by atoms with van der Waals surface area (Å²) < 4.78 is 3.17. The topological polar surface area (TPSA) is 114 Å². The van der Waals surface area contributed by atoms with Gasteiger partial charge in [0.05, 0.1) is 15.5 Å². The molecule has 0 bridgehead atoms. The summed E-state index contributed by atoms with van der Waals surface area (Å²) in [5, 5.41) is 29.2. The van der Waals surface area contributed by atoms with Crippen LogP contribution in [0.5, 0.6) is 0 Å². The molecule has 4 rings (SSSR count). The lowest BCUT2D eigenvalue weighted by Crippen LogP contribution is -2.14. The van der Waals surface area contributed by atoms with E-state index in [1.807, 2.05) is 48.5 Å². The quantitative estimate of drug-likeness (QED) is 0.172. The van der Waals surface area contributed by atoms with E-state index in [1.165, 1.54) is 27.8 Å². The summed E-state index contributed by atoms with van der Waals surface area (Å²) in [5.74, 6) is 6.62. The molecule has 0 spiro atoms. The van der Waals surface area contributed by atoms with Crippen LogP contribution in [-0.4, -0.2) is 30.2 Å². The van der Waals surface area contributed by atoms with Gasteiger partial charge in [-0.1, -0.05) is 52.0 Å². The van der Waals surface area contributed by atoms with Gasteiger partial charge in [0, 0.05) is 10.0 Å². The van der Waals surface area contributed by atoms with Crippen molar-refractivity contribution in [1.82, 2.24) is 19.9 Å². The maximum atomic E-state index is 10.8. The zero-order valence-electron chi connectivity index (χ0n) is 15.7. The highest BCUT2D eigenvalue weighted by atomic mass is 79.9. The Balaban J connectivity index is 1.64. The molecule has 1 unspecified atom stereocenters. The number of nitrogen functional groups attached to an aromatic ring is 1. The van der Waals surface area contributed by atoms with Gasteiger partial charge in [-0.05, 0) is 31.2 Å². The number of hydrogen-bond donors (Lipinski definition) is 2. The molecule has 150 valence electrons. The molecule has 0 fully saturated rings. The lowest BCUT2D eigenvalue weighted by Gasteiger charge is -2.11. The van der Waals surface area contributed by atoms with Crippen molar-refractivity contribution in [2.24, 2.45) is 0 Å². The van der Waals surface area contributed by atoms with E-state index in [0.29, 0.717) is 16.0 Å². The van der Waals surface area contributed by atoms with Crippen molar-refractivity contribution in [3.05, 3.63) is 63.8 Å². The summed E-state index contributed by atoms with van der Waals surface area (Å²) in [6.45, 7) is 1.78. The first-order chi connectivity index (χ1) is 14.5. The van der Waals surface area contributed by atoms with Crippen molar-refractivity contribution in [2.75, 3.05) is 5.84 Å². The molecule has 0 aliphatic carbocycles. The van der Waals surface area contributed by atoms with Crippen LogP contribution in [0.1, 0.15) is 11.9 Å². The van der Waals surface area contributed by atoms with Gasteiger partial charge in [-0.15, -0.1) is 21.5 Å². The van der Waals surface area contributed by atoms with Gasteiger partial charge in [0.1, 0.15) is 22.4 Å². The van der Waals surface area contributed by atoms with Gasteiger partial charge in [0.15, 0.2) is 5.82 Å². The highest BCUT2D eigenvalue weighted by Gasteiger charge is 2.22. The fourth-order valence-corrected chi connectivity index (χ4v) is 5.06. The Bertz CT molecular complexity index is 1270. The number of aliphatic hydroxyl groups excluding tert-OH is 1. The van der Waals surface area contributed by atoms with E-state index in [2.05, 4.69) is 37.2 Å². The molecule has 2 aromatic heterocycles. The lowest BCUT2D eigenvalue weighted by atomic mass is 10.2. The van der Waals surface area contributed by atoms with Crippen molar-refractivity contribution >= 4 is 54.8 Å². The molecule has 2 aromatic carbocycles. The molecule has 10 heteroatoms. The highest BCUT2D eigenvalue weighted by molar-refractivity contribution is 9.10. The van der Waals surface area contributed by atoms with Crippen molar-refractivity contribution in [3.8, 4) is 17.5 Å². The lowest BCUT2D eigenvalue weighted by molar-refractivity contribution is 0.402. The minimum Gasteiger partial charge on any atom is -0.510 e. The van der Waals surface area contributed by atoms with Gasteiger partial charge < -0.3 is 10.9 Å². The molecule has 7 nitrogen and oxygen atoms in total. The molecule has 30 heavy (non-hydrogen) atoms. The van der Waals surface area contributed by atoms with Crippen LogP contribution in [0.15, 0.2) is 63.9 Å². The normalized spacial score (nSPS) is 13.1. The number of thioether (sulfide) groups is 1. The summed E-state index contributed by atoms with van der Waals surface area (Å²) in [4.78, 5) is 4.47. The van der Waals surface area contributed by atoms with Gasteiger partial charge in [0.25, 0.3) is 0 Å². The number of para-hydroxylation sites is 1. The number of benzene rings is 2. The number of nitriles is 1. The third-order valence-electron chi connectivity index (χ3n) is 4.32. The van der Waals surface area contributed by atoms with Gasteiger partial charge >= 0.3 is 0 Å². The minimum absolute atomic E-state index is 0.0769. The van der Waals surface area contributed by atoms with Crippen molar-refractivity contribution in [3.63, 3.8) is 0 Å². The predicted octanol–water partition coefficient (Wildman–Crippen LogP) is 5.00. The number of nitrogens with zero attached hydrogens (tertiary/aromatic N) is 5. The van der Waals surface area contributed by atoms with Crippen molar-refractivity contribution < 1.29 is 5.11 Å². The molecule has 0 aliphatic rings. The van der Waals surface area contributed by atoms with Crippen LogP contribution in [0.25, 0.3) is 27.2 Å². The van der Waals surface area contributed by atoms with Crippen molar-refractivity contribution in [2.45, 2.75) is 17.3 Å². The molecule has 4 aromatic rings. The number of aromatic nitrogens is 4. The second-order valence-corrected chi connectivity index (χ2v) is 9.47. The fourth-order valence-electron chi connectivity index (χ4n) is 2.79. The fraction of sp³-hybridized carbons (Fsp3) is 0.100. The molecule has 0 saturated heterocycles. The molecule has 1 atom stereocenters. The number of thiazole rings is 1. The number of nitrogens with two attached hydrogens (primary N) is 1. The van der Waals surface area contributed by atoms with E-state index in [9.17, 15) is 10.4 Å². The van der Waals surface area contributed by atoms with E-state index >= 15 is 0 Å². The average molecular weight is 499 g/mol. The number of rotatable bonds is 5. The predicted molar refractivity (Wildman–Crippen MR) is 123 cm³/mol. The highest BCUT2D eigenvalue weighted by Crippen LogP contribution is 2.34. The Morgan fingerprint density at radius 1 is 1.23 bits per heavy atom. The van der Waals surface area contributed by atoms with E-state index < -0.39 is 5.25 Å². The molecule has 0 saturated carbocycles. The SMILES string of the molecule is CC(Sc1nnc(-c2ccccc2Br)n1N)/C(O)=C(\C#N)c1nc2ccccc2s1. The van der Waals surface area contributed by atoms with E-state index in [-0.39, 0.29) is 11.3 Å². The molecular formula is C20H15BrN6OS2. The first kappa shape index (κ1) is 20.4. The zero-order chi connectivity index (χ0) is 21.3. The summed E-state index contributed by atoms with van der Waals surface area (Å²) in [7, 11) is 0. The second kappa shape index (κ2) is 8.47. The number of halogens is 1. The first-order valence-corrected chi connectivity index (χ1v) is 11.3. The summed E-state index contributed by atoms with van der Waals surface area (Å²) in [5.41, 5.74) is 1.74. The Hall–Kier alpha value is -2.87. The molecule has 2 heterocycles. The van der Waals surface area contributed by atoms with E-state index in [1.54, 1.807) is 6.92 Å². The third kappa shape index (κ3) is 3.79. The third-order valence-corrected chi connectivity index (χ3v) is 7.13. The number of allylic oxidation sites excluding steroid dienone is 1. The maximum Gasteiger partial charge on any atom is 0.210 e. The van der Waals surface area contributed by atoms with Crippen LogP contribution in [0, 0.1) is 11.3 Å². The van der Waals surface area contributed by atoms with Crippen LogP contribution >= 0.6 is 39.0 Å². The van der Waals surface area contributed by atoms with Crippen LogP contribution in [0.2, 0.25) is 0 Å². The van der Waals surface area contributed by atoms with Gasteiger partial charge in [-0.2, -0.15) is 5.26 Å². The number of fused-ring (bicyclic) bond motifs is 1. The van der Waals surface area contributed by atoms with Crippen LogP contribution in [0.4, 0.5) is 0 Å². The second-order valence-electron chi connectivity index (χ2n) is 6.27. The minimum atomic E-state index is -0.481. The smallest absolute Gasteiger partial charge is 0.210 e. The molecule has 3 N–H and O–H groups in total. The van der Waals surface area contributed by atoms with Crippen molar-refractivity contribution in [1.29, 1.82) is 5.26 Å². The van der Waals surface area contributed by atoms with Crippen LogP contribution in [0.3, 0.4) is 0 Å². The molecule has 0 radical (unpaired) electrons. The molecular weight excluding hydrogens is 484 g/mol. The molecule has 0 aliphatic heterocycles. The number of aliphatic hydroxyl groups is 1. The summed E-state index contributed by atoms with van der Waals surface area (Å²) >= 11 is 6.06. The summed E-state index contributed by atoms with van der Waals surface area (Å²) in [6, 6.07) is 17.2. The number of hydrogen-bond acceptors (Lipinski definition) is 8. The Kier molecular flexibility index (Phi) is 5.76. The average Bonchev–Trinajstić information content (AvgIpc) is 3.32. The summed E-state index contributed by atoms with van der Waals surface area (Å²) in [6.07, 6.45) is 0. The largest absolute Gasteiger partial charge is 0.510 e. The maximum absolute atomic E-state index is 10.8. The van der Waals surface area contributed by atoms with Gasteiger partial charge in [-0.3, -0.25) is 0 Å². The van der Waals surface area contributed by atoms with Crippen LogP contribution in [-0.2, 0) is 0 Å².